The molecule has 2 aromatic carbocycles. The van der Waals surface area contributed by atoms with Gasteiger partial charge in [0.2, 0.25) is 0 Å². The van der Waals surface area contributed by atoms with Crippen molar-refractivity contribution in [2.45, 2.75) is 13.3 Å². The van der Waals surface area contributed by atoms with Crippen LogP contribution in [-0.2, 0) is 6.42 Å². The molecule has 114 valence electrons. The lowest BCUT2D eigenvalue weighted by Crippen LogP contribution is -3.00. The first-order chi connectivity index (χ1) is 10.3. The minimum Gasteiger partial charge on any atom is -1.00 e. The second kappa shape index (κ2) is 7.77. The SMILES string of the molecule is CCc1sc(Nc2ccccc2)nc1-c1ccc(Cl)cc1.[Br-]. The lowest BCUT2D eigenvalue weighted by Gasteiger charge is -2.01. The largest absolute Gasteiger partial charge is 1.00 e. The van der Waals surface area contributed by atoms with E-state index in [1.54, 1.807) is 11.3 Å². The molecule has 0 bridgehead atoms. The van der Waals surface area contributed by atoms with Gasteiger partial charge in [0.05, 0.1) is 5.69 Å². The molecule has 2 nitrogen and oxygen atoms in total. The maximum absolute atomic E-state index is 5.96. The third-order valence-electron chi connectivity index (χ3n) is 3.16. The predicted octanol–water partition coefficient (Wildman–Crippen LogP) is 2.77. The molecule has 0 amide bonds. The number of hydrogen-bond donors (Lipinski definition) is 1. The summed E-state index contributed by atoms with van der Waals surface area (Å²) in [7, 11) is 0. The van der Waals surface area contributed by atoms with Crippen LogP contribution in [0.4, 0.5) is 10.8 Å². The smallest absolute Gasteiger partial charge is 0.187 e. The van der Waals surface area contributed by atoms with E-state index in [0.29, 0.717) is 0 Å². The fraction of sp³-hybridized carbons (Fsp3) is 0.118. The van der Waals surface area contributed by atoms with E-state index in [-0.39, 0.29) is 17.0 Å². The van der Waals surface area contributed by atoms with Gasteiger partial charge in [-0.25, -0.2) is 4.98 Å². The molecule has 3 aromatic rings. The standard InChI is InChI=1S/C17H15ClN2S.BrH/c1-2-15-16(12-8-10-13(18)11-9-12)20-17(21-15)19-14-6-4-3-5-7-14;/h3-11H,2H2,1H3,(H,19,20);1H/p-1. The normalized spacial score (nSPS) is 10.1. The van der Waals surface area contributed by atoms with Gasteiger partial charge in [-0.2, -0.15) is 0 Å². The Balaban J connectivity index is 0.00000176. The molecule has 3 rings (SSSR count). The highest BCUT2D eigenvalue weighted by Crippen LogP contribution is 2.33. The zero-order chi connectivity index (χ0) is 14.7. The molecule has 0 radical (unpaired) electrons. The zero-order valence-corrected chi connectivity index (χ0v) is 15.2. The Kier molecular flexibility index (Phi) is 6.00. The van der Waals surface area contributed by atoms with Gasteiger partial charge in [0, 0.05) is 21.2 Å². The van der Waals surface area contributed by atoms with E-state index >= 15 is 0 Å². The molecule has 0 aliphatic carbocycles. The summed E-state index contributed by atoms with van der Waals surface area (Å²) < 4.78 is 0. The molecule has 22 heavy (non-hydrogen) atoms. The summed E-state index contributed by atoms with van der Waals surface area (Å²) in [6.45, 7) is 2.15. The Hall–Kier alpha value is -1.36. The number of aryl methyl sites for hydroxylation is 1. The molecule has 0 saturated heterocycles. The van der Waals surface area contributed by atoms with Crippen LogP contribution in [0.15, 0.2) is 54.6 Å². The first-order valence-electron chi connectivity index (χ1n) is 6.84. The fourth-order valence-electron chi connectivity index (χ4n) is 2.12. The maximum atomic E-state index is 5.96. The summed E-state index contributed by atoms with van der Waals surface area (Å²) in [5.74, 6) is 0. The maximum Gasteiger partial charge on any atom is 0.187 e. The van der Waals surface area contributed by atoms with Crippen LogP contribution in [-0.4, -0.2) is 4.98 Å². The molecule has 0 spiro atoms. The third kappa shape index (κ3) is 3.88. The Morgan fingerprint density at radius 3 is 2.36 bits per heavy atom. The van der Waals surface area contributed by atoms with Crippen molar-refractivity contribution in [3.05, 3.63) is 64.5 Å². The Morgan fingerprint density at radius 2 is 1.73 bits per heavy atom. The highest BCUT2D eigenvalue weighted by atomic mass is 79.9. The van der Waals surface area contributed by atoms with Crippen LogP contribution in [0.3, 0.4) is 0 Å². The molecule has 1 N–H and O–H groups in total. The van der Waals surface area contributed by atoms with Crippen molar-refractivity contribution in [2.24, 2.45) is 0 Å². The van der Waals surface area contributed by atoms with Crippen LogP contribution in [0.25, 0.3) is 11.3 Å². The molecule has 0 unspecified atom stereocenters. The lowest BCUT2D eigenvalue weighted by atomic mass is 10.1. The molecular formula is C17H15BrClN2S-. The van der Waals surface area contributed by atoms with Crippen molar-refractivity contribution >= 4 is 33.8 Å². The number of halogens is 2. The van der Waals surface area contributed by atoms with Gasteiger partial charge in [0.1, 0.15) is 0 Å². The minimum absolute atomic E-state index is 0. The average Bonchev–Trinajstić information content (AvgIpc) is 2.92. The van der Waals surface area contributed by atoms with E-state index in [2.05, 4.69) is 12.2 Å². The number of benzene rings is 2. The molecule has 0 atom stereocenters. The van der Waals surface area contributed by atoms with E-state index in [9.17, 15) is 0 Å². The number of nitrogens with one attached hydrogen (secondary N) is 1. The van der Waals surface area contributed by atoms with Crippen molar-refractivity contribution in [1.82, 2.24) is 4.98 Å². The highest BCUT2D eigenvalue weighted by Gasteiger charge is 2.12. The first-order valence-corrected chi connectivity index (χ1v) is 8.03. The van der Waals surface area contributed by atoms with Crippen molar-refractivity contribution in [1.29, 1.82) is 0 Å². The number of nitrogens with zero attached hydrogens (tertiary/aromatic N) is 1. The van der Waals surface area contributed by atoms with Crippen molar-refractivity contribution in [2.75, 3.05) is 5.32 Å². The van der Waals surface area contributed by atoms with Gasteiger partial charge in [-0.05, 0) is 30.7 Å². The summed E-state index contributed by atoms with van der Waals surface area (Å²) in [5, 5.41) is 5.03. The fourth-order valence-corrected chi connectivity index (χ4v) is 3.19. The Labute approximate surface area is 150 Å². The molecule has 0 fully saturated rings. The van der Waals surface area contributed by atoms with Gasteiger partial charge < -0.3 is 22.3 Å². The lowest BCUT2D eigenvalue weighted by molar-refractivity contribution is -0.00000406. The van der Waals surface area contributed by atoms with Gasteiger partial charge in [-0.3, -0.25) is 0 Å². The van der Waals surface area contributed by atoms with E-state index in [1.807, 2.05) is 54.6 Å². The van der Waals surface area contributed by atoms with Gasteiger partial charge in [0.15, 0.2) is 5.13 Å². The van der Waals surface area contributed by atoms with Crippen LogP contribution in [0.5, 0.6) is 0 Å². The average molecular weight is 395 g/mol. The van der Waals surface area contributed by atoms with E-state index in [1.165, 1.54) is 4.88 Å². The van der Waals surface area contributed by atoms with Crippen molar-refractivity contribution < 1.29 is 17.0 Å². The third-order valence-corrected chi connectivity index (χ3v) is 4.53. The summed E-state index contributed by atoms with van der Waals surface area (Å²) in [4.78, 5) is 6.01. The van der Waals surface area contributed by atoms with Crippen LogP contribution in [0.2, 0.25) is 5.02 Å². The van der Waals surface area contributed by atoms with Gasteiger partial charge in [-0.1, -0.05) is 48.9 Å². The Morgan fingerprint density at radius 1 is 1.05 bits per heavy atom. The van der Waals surface area contributed by atoms with Gasteiger partial charge >= 0.3 is 0 Å². The van der Waals surface area contributed by atoms with Crippen molar-refractivity contribution in [3.63, 3.8) is 0 Å². The Bertz CT molecular complexity index is 726. The molecule has 0 saturated carbocycles. The van der Waals surface area contributed by atoms with E-state index < -0.39 is 0 Å². The van der Waals surface area contributed by atoms with Crippen LogP contribution in [0.1, 0.15) is 11.8 Å². The second-order valence-corrected chi connectivity index (χ2v) is 6.16. The summed E-state index contributed by atoms with van der Waals surface area (Å²) >= 11 is 7.65. The number of rotatable bonds is 4. The molecule has 0 aliphatic rings. The van der Waals surface area contributed by atoms with Crippen LogP contribution in [0, 0.1) is 0 Å². The second-order valence-electron chi connectivity index (χ2n) is 4.64. The number of hydrogen-bond acceptors (Lipinski definition) is 3. The van der Waals surface area contributed by atoms with E-state index in [4.69, 9.17) is 16.6 Å². The molecule has 5 heteroatoms. The molecule has 1 heterocycles. The first kappa shape index (κ1) is 17.0. The molecular weight excluding hydrogens is 380 g/mol. The number of thiazole rings is 1. The predicted molar refractivity (Wildman–Crippen MR) is 91.7 cm³/mol. The minimum atomic E-state index is 0. The molecule has 1 aromatic heterocycles. The van der Waals surface area contributed by atoms with E-state index in [0.717, 1.165) is 33.5 Å². The monoisotopic (exact) mass is 393 g/mol. The highest BCUT2D eigenvalue weighted by molar-refractivity contribution is 7.16. The number of aromatic nitrogens is 1. The zero-order valence-electron chi connectivity index (χ0n) is 12.0. The van der Waals surface area contributed by atoms with Crippen molar-refractivity contribution in [3.8, 4) is 11.3 Å². The quantitative estimate of drug-likeness (QED) is 0.736. The summed E-state index contributed by atoms with van der Waals surface area (Å²) in [6, 6.07) is 17.9. The molecule has 0 aliphatic heterocycles. The van der Waals surface area contributed by atoms with Crippen LogP contribution >= 0.6 is 22.9 Å². The van der Waals surface area contributed by atoms with Crippen LogP contribution < -0.4 is 22.3 Å². The number of para-hydroxylation sites is 1. The van der Waals surface area contributed by atoms with Gasteiger partial charge in [-0.15, -0.1) is 11.3 Å². The number of anilines is 2. The summed E-state index contributed by atoms with van der Waals surface area (Å²) in [5.41, 5.74) is 3.20. The van der Waals surface area contributed by atoms with Gasteiger partial charge in [0.25, 0.3) is 0 Å². The summed E-state index contributed by atoms with van der Waals surface area (Å²) in [6.07, 6.45) is 0.964. The topological polar surface area (TPSA) is 24.9 Å².